The van der Waals surface area contributed by atoms with Crippen LogP contribution in [0, 0.1) is 0 Å². The standard InChI is InChI=1S/C22H20N2O6S/c1-29-19-13-11-17(12-14-19)23-21(25)15-30-22(26)16-7-9-18(10-8-16)24-31(27,28)20-5-3-2-4-6-20/h2-14,24H,15H2,1H3,(H,23,25). The molecule has 0 atom stereocenters. The molecule has 0 saturated carbocycles. The molecule has 1 amide bonds. The zero-order chi connectivity index (χ0) is 22.3. The molecule has 0 aliphatic rings. The number of anilines is 2. The van der Waals surface area contributed by atoms with Crippen molar-refractivity contribution in [3.63, 3.8) is 0 Å². The van der Waals surface area contributed by atoms with E-state index in [1.165, 1.54) is 43.5 Å². The van der Waals surface area contributed by atoms with Gasteiger partial charge in [0.25, 0.3) is 15.9 Å². The van der Waals surface area contributed by atoms with Crippen LogP contribution >= 0.6 is 0 Å². The molecule has 3 rings (SSSR count). The van der Waals surface area contributed by atoms with E-state index in [0.717, 1.165) is 0 Å². The van der Waals surface area contributed by atoms with Crippen LogP contribution in [0.15, 0.2) is 83.8 Å². The average molecular weight is 440 g/mol. The maximum Gasteiger partial charge on any atom is 0.338 e. The van der Waals surface area contributed by atoms with E-state index in [4.69, 9.17) is 9.47 Å². The summed E-state index contributed by atoms with van der Waals surface area (Å²) in [5.41, 5.74) is 1.01. The summed E-state index contributed by atoms with van der Waals surface area (Å²) in [6.45, 7) is -0.465. The molecule has 0 aliphatic carbocycles. The Morgan fingerprint density at radius 3 is 2.06 bits per heavy atom. The molecule has 2 N–H and O–H groups in total. The van der Waals surface area contributed by atoms with Crippen molar-refractivity contribution in [1.29, 1.82) is 0 Å². The third-order valence-electron chi connectivity index (χ3n) is 4.13. The van der Waals surface area contributed by atoms with Crippen LogP contribution in [0.4, 0.5) is 11.4 Å². The molecule has 3 aromatic rings. The first kappa shape index (κ1) is 21.8. The largest absolute Gasteiger partial charge is 0.497 e. The molecule has 0 unspecified atom stereocenters. The third-order valence-corrected chi connectivity index (χ3v) is 5.53. The monoisotopic (exact) mass is 440 g/mol. The fraction of sp³-hybridized carbons (Fsp3) is 0.0909. The number of benzene rings is 3. The second-order valence-electron chi connectivity index (χ2n) is 6.35. The summed E-state index contributed by atoms with van der Waals surface area (Å²) >= 11 is 0. The molecule has 0 aromatic heterocycles. The van der Waals surface area contributed by atoms with Crippen LogP contribution in [0.3, 0.4) is 0 Å². The summed E-state index contributed by atoms with van der Waals surface area (Å²) in [7, 11) is -2.19. The van der Waals surface area contributed by atoms with E-state index < -0.39 is 28.5 Å². The Balaban J connectivity index is 1.53. The molecule has 160 valence electrons. The van der Waals surface area contributed by atoms with Gasteiger partial charge in [-0.3, -0.25) is 9.52 Å². The Morgan fingerprint density at radius 1 is 0.839 bits per heavy atom. The van der Waals surface area contributed by atoms with E-state index in [1.54, 1.807) is 42.5 Å². The molecule has 3 aromatic carbocycles. The highest BCUT2D eigenvalue weighted by Crippen LogP contribution is 2.17. The van der Waals surface area contributed by atoms with Crippen molar-refractivity contribution >= 4 is 33.3 Å². The van der Waals surface area contributed by atoms with Gasteiger partial charge in [-0.2, -0.15) is 0 Å². The number of ether oxygens (including phenoxy) is 2. The summed E-state index contributed by atoms with van der Waals surface area (Å²) in [5.74, 6) is -0.549. The predicted octanol–water partition coefficient (Wildman–Crippen LogP) is 3.29. The van der Waals surface area contributed by atoms with E-state index in [9.17, 15) is 18.0 Å². The van der Waals surface area contributed by atoms with Gasteiger partial charge in [-0.15, -0.1) is 0 Å². The van der Waals surface area contributed by atoms with Gasteiger partial charge in [-0.1, -0.05) is 18.2 Å². The number of carbonyl (C=O) groups is 2. The molecule has 0 aliphatic heterocycles. The highest BCUT2D eigenvalue weighted by atomic mass is 32.2. The number of methoxy groups -OCH3 is 1. The van der Waals surface area contributed by atoms with Crippen molar-refractivity contribution in [2.75, 3.05) is 23.8 Å². The van der Waals surface area contributed by atoms with E-state index >= 15 is 0 Å². The van der Waals surface area contributed by atoms with Crippen LogP contribution in [-0.4, -0.2) is 34.0 Å². The SMILES string of the molecule is COc1ccc(NC(=O)COC(=O)c2ccc(NS(=O)(=O)c3ccccc3)cc2)cc1. The maximum atomic E-state index is 12.3. The van der Waals surface area contributed by atoms with E-state index in [1.807, 2.05) is 0 Å². The molecule has 31 heavy (non-hydrogen) atoms. The lowest BCUT2D eigenvalue weighted by atomic mass is 10.2. The van der Waals surface area contributed by atoms with Crippen LogP contribution in [0.25, 0.3) is 0 Å². The summed E-state index contributed by atoms with van der Waals surface area (Å²) < 4.78 is 37.1. The van der Waals surface area contributed by atoms with Crippen LogP contribution in [0.2, 0.25) is 0 Å². The number of amides is 1. The van der Waals surface area contributed by atoms with Gasteiger partial charge < -0.3 is 14.8 Å². The van der Waals surface area contributed by atoms with Gasteiger partial charge in [0.15, 0.2) is 6.61 Å². The average Bonchev–Trinajstić information content (AvgIpc) is 2.79. The fourth-order valence-electron chi connectivity index (χ4n) is 2.57. The van der Waals surface area contributed by atoms with Crippen molar-refractivity contribution in [1.82, 2.24) is 0 Å². The predicted molar refractivity (Wildman–Crippen MR) is 116 cm³/mol. The quantitative estimate of drug-likeness (QED) is 0.520. The number of sulfonamides is 1. The Hall–Kier alpha value is -3.85. The Kier molecular flexibility index (Phi) is 6.88. The van der Waals surface area contributed by atoms with E-state index in [2.05, 4.69) is 10.0 Å². The molecule has 0 bridgehead atoms. The number of nitrogens with one attached hydrogen (secondary N) is 2. The van der Waals surface area contributed by atoms with Crippen molar-refractivity contribution in [2.45, 2.75) is 4.90 Å². The molecule has 0 radical (unpaired) electrons. The topological polar surface area (TPSA) is 111 Å². The minimum absolute atomic E-state index is 0.126. The van der Waals surface area contributed by atoms with Gasteiger partial charge in [-0.05, 0) is 60.7 Å². The van der Waals surface area contributed by atoms with Gasteiger partial charge in [0, 0.05) is 11.4 Å². The molecular formula is C22H20N2O6S. The molecule has 0 heterocycles. The number of esters is 1. The summed E-state index contributed by atoms with van der Waals surface area (Å²) in [4.78, 5) is 24.2. The first-order chi connectivity index (χ1) is 14.9. The lowest BCUT2D eigenvalue weighted by Gasteiger charge is -2.09. The highest BCUT2D eigenvalue weighted by Gasteiger charge is 2.15. The second-order valence-corrected chi connectivity index (χ2v) is 8.03. The Labute approximate surface area is 179 Å². The zero-order valence-corrected chi connectivity index (χ0v) is 17.4. The van der Waals surface area contributed by atoms with Crippen LogP contribution in [0.5, 0.6) is 5.75 Å². The zero-order valence-electron chi connectivity index (χ0n) is 16.6. The normalized spacial score (nSPS) is 10.7. The maximum absolute atomic E-state index is 12.3. The van der Waals surface area contributed by atoms with Gasteiger partial charge >= 0.3 is 5.97 Å². The molecule has 0 saturated heterocycles. The molecule has 8 nitrogen and oxygen atoms in total. The first-order valence-electron chi connectivity index (χ1n) is 9.16. The lowest BCUT2D eigenvalue weighted by Crippen LogP contribution is -2.21. The summed E-state index contributed by atoms with van der Waals surface area (Å²) in [5, 5.41) is 2.60. The van der Waals surface area contributed by atoms with Crippen molar-refractivity contribution in [2.24, 2.45) is 0 Å². The van der Waals surface area contributed by atoms with Crippen molar-refractivity contribution in [3.8, 4) is 5.75 Å². The Bertz CT molecular complexity index is 1140. The molecule has 9 heteroatoms. The molecular weight excluding hydrogens is 420 g/mol. The van der Waals surface area contributed by atoms with Gasteiger partial charge in [-0.25, -0.2) is 13.2 Å². The lowest BCUT2D eigenvalue weighted by molar-refractivity contribution is -0.119. The molecule has 0 fully saturated rings. The van der Waals surface area contributed by atoms with E-state index in [0.29, 0.717) is 11.4 Å². The van der Waals surface area contributed by atoms with E-state index in [-0.39, 0.29) is 16.1 Å². The Morgan fingerprint density at radius 2 is 1.45 bits per heavy atom. The smallest absolute Gasteiger partial charge is 0.338 e. The van der Waals surface area contributed by atoms with Gasteiger partial charge in [0.2, 0.25) is 0 Å². The molecule has 0 spiro atoms. The van der Waals surface area contributed by atoms with Crippen molar-refractivity contribution in [3.05, 3.63) is 84.4 Å². The van der Waals surface area contributed by atoms with Crippen LogP contribution < -0.4 is 14.8 Å². The fourth-order valence-corrected chi connectivity index (χ4v) is 3.65. The van der Waals surface area contributed by atoms with Gasteiger partial charge in [0.05, 0.1) is 17.6 Å². The summed E-state index contributed by atoms with van der Waals surface area (Å²) in [6.07, 6.45) is 0. The third kappa shape index (κ3) is 6.06. The minimum Gasteiger partial charge on any atom is -0.497 e. The van der Waals surface area contributed by atoms with Crippen LogP contribution in [-0.2, 0) is 19.6 Å². The number of hydrogen-bond acceptors (Lipinski definition) is 6. The second kappa shape index (κ2) is 9.77. The summed E-state index contributed by atoms with van der Waals surface area (Å²) in [6, 6.07) is 20.3. The number of carbonyl (C=O) groups excluding carboxylic acids is 2. The van der Waals surface area contributed by atoms with Gasteiger partial charge in [0.1, 0.15) is 5.75 Å². The van der Waals surface area contributed by atoms with Crippen molar-refractivity contribution < 1.29 is 27.5 Å². The van der Waals surface area contributed by atoms with Crippen LogP contribution in [0.1, 0.15) is 10.4 Å². The highest BCUT2D eigenvalue weighted by molar-refractivity contribution is 7.92. The number of hydrogen-bond donors (Lipinski definition) is 2. The first-order valence-corrected chi connectivity index (χ1v) is 10.6. The minimum atomic E-state index is -3.73. The number of rotatable bonds is 8.